The van der Waals surface area contributed by atoms with Gasteiger partial charge in [0.2, 0.25) is 11.7 Å². The van der Waals surface area contributed by atoms with Gasteiger partial charge in [0.05, 0.1) is 5.54 Å². The molecule has 18 heavy (non-hydrogen) atoms. The minimum absolute atomic E-state index is 0.169. The number of aromatic hydroxyl groups is 1. The predicted molar refractivity (Wildman–Crippen MR) is 67.8 cm³/mol. The van der Waals surface area contributed by atoms with Crippen LogP contribution in [0.1, 0.15) is 32.6 Å². The van der Waals surface area contributed by atoms with E-state index in [1.54, 1.807) is 18.2 Å². The topological polar surface area (TPSA) is 85.2 Å². The van der Waals surface area contributed by atoms with E-state index in [9.17, 15) is 5.11 Å². The molecule has 1 atom stereocenters. The average molecular weight is 247 g/mol. The first-order valence-corrected chi connectivity index (χ1v) is 5.95. The standard InChI is InChI=1S/C13H17N3O2/c1-3-7-13(2,14)12-15-11(16-18-12)9-5-4-6-10(17)8-9/h4-6,8,17H,3,7,14H2,1-2H3. The van der Waals surface area contributed by atoms with E-state index in [1.807, 2.05) is 13.0 Å². The highest BCUT2D eigenvalue weighted by atomic mass is 16.5. The summed E-state index contributed by atoms with van der Waals surface area (Å²) in [5, 5.41) is 13.3. The lowest BCUT2D eigenvalue weighted by Gasteiger charge is -2.18. The van der Waals surface area contributed by atoms with E-state index in [0.29, 0.717) is 17.3 Å². The number of hydrogen-bond acceptors (Lipinski definition) is 5. The zero-order chi connectivity index (χ0) is 13.2. The third-order valence-corrected chi connectivity index (χ3v) is 2.79. The number of nitrogens with zero attached hydrogens (tertiary/aromatic N) is 2. The molecule has 0 spiro atoms. The van der Waals surface area contributed by atoms with Crippen molar-refractivity contribution in [2.24, 2.45) is 5.73 Å². The van der Waals surface area contributed by atoms with Gasteiger partial charge in [-0.3, -0.25) is 0 Å². The van der Waals surface area contributed by atoms with Crippen LogP contribution in [0.2, 0.25) is 0 Å². The fraction of sp³-hybridized carbons (Fsp3) is 0.385. The summed E-state index contributed by atoms with van der Waals surface area (Å²) in [5.41, 5.74) is 6.22. The fourth-order valence-corrected chi connectivity index (χ4v) is 1.84. The van der Waals surface area contributed by atoms with Crippen LogP contribution in [-0.2, 0) is 5.54 Å². The molecule has 1 heterocycles. The minimum Gasteiger partial charge on any atom is -0.508 e. The molecule has 0 radical (unpaired) electrons. The second kappa shape index (κ2) is 4.78. The summed E-state index contributed by atoms with van der Waals surface area (Å²) in [5.74, 6) is 1.03. The highest BCUT2D eigenvalue weighted by Crippen LogP contribution is 2.25. The zero-order valence-electron chi connectivity index (χ0n) is 10.6. The van der Waals surface area contributed by atoms with Crippen LogP contribution in [0.15, 0.2) is 28.8 Å². The third kappa shape index (κ3) is 2.51. The molecule has 5 heteroatoms. The first-order valence-electron chi connectivity index (χ1n) is 5.95. The fourth-order valence-electron chi connectivity index (χ4n) is 1.84. The van der Waals surface area contributed by atoms with Gasteiger partial charge in [-0.05, 0) is 25.5 Å². The van der Waals surface area contributed by atoms with Crippen molar-refractivity contribution in [1.29, 1.82) is 0 Å². The van der Waals surface area contributed by atoms with Crippen LogP contribution in [0.25, 0.3) is 11.4 Å². The molecule has 0 bridgehead atoms. The second-order valence-electron chi connectivity index (χ2n) is 4.64. The Kier molecular flexibility index (Phi) is 3.34. The molecule has 0 saturated carbocycles. The summed E-state index contributed by atoms with van der Waals surface area (Å²) in [6.07, 6.45) is 1.71. The molecule has 96 valence electrons. The van der Waals surface area contributed by atoms with Gasteiger partial charge >= 0.3 is 0 Å². The number of phenolic OH excluding ortho intramolecular Hbond substituents is 1. The smallest absolute Gasteiger partial charge is 0.246 e. The van der Waals surface area contributed by atoms with E-state index in [1.165, 1.54) is 0 Å². The Morgan fingerprint density at radius 3 is 2.89 bits per heavy atom. The number of nitrogens with two attached hydrogens (primary N) is 1. The maximum absolute atomic E-state index is 9.41. The van der Waals surface area contributed by atoms with E-state index in [0.717, 1.165) is 12.8 Å². The molecule has 0 fully saturated rings. The molecule has 0 aliphatic rings. The van der Waals surface area contributed by atoms with Crippen molar-refractivity contribution in [1.82, 2.24) is 10.1 Å². The maximum Gasteiger partial charge on any atom is 0.246 e. The van der Waals surface area contributed by atoms with Crippen molar-refractivity contribution < 1.29 is 9.63 Å². The molecule has 2 rings (SSSR count). The van der Waals surface area contributed by atoms with Crippen LogP contribution >= 0.6 is 0 Å². The van der Waals surface area contributed by atoms with Crippen molar-refractivity contribution in [3.05, 3.63) is 30.2 Å². The number of rotatable bonds is 4. The zero-order valence-corrected chi connectivity index (χ0v) is 10.6. The van der Waals surface area contributed by atoms with Gasteiger partial charge in [0.1, 0.15) is 5.75 Å². The largest absolute Gasteiger partial charge is 0.508 e. The van der Waals surface area contributed by atoms with E-state index in [-0.39, 0.29) is 5.75 Å². The Hall–Kier alpha value is -1.88. The lowest BCUT2D eigenvalue weighted by Crippen LogP contribution is -2.33. The molecule has 0 aliphatic carbocycles. The second-order valence-corrected chi connectivity index (χ2v) is 4.64. The van der Waals surface area contributed by atoms with Crippen LogP contribution in [0.3, 0.4) is 0 Å². The molecule has 3 N–H and O–H groups in total. The van der Waals surface area contributed by atoms with Gasteiger partial charge in [0.25, 0.3) is 0 Å². The number of aromatic nitrogens is 2. The van der Waals surface area contributed by atoms with Gasteiger partial charge in [-0.25, -0.2) is 0 Å². The van der Waals surface area contributed by atoms with E-state index in [4.69, 9.17) is 10.3 Å². The monoisotopic (exact) mass is 247 g/mol. The Morgan fingerprint density at radius 2 is 2.22 bits per heavy atom. The molecule has 5 nitrogen and oxygen atoms in total. The summed E-state index contributed by atoms with van der Waals surface area (Å²) in [7, 11) is 0. The molecular formula is C13H17N3O2. The number of hydrogen-bond donors (Lipinski definition) is 2. The summed E-state index contributed by atoms with van der Waals surface area (Å²) in [6, 6.07) is 6.72. The van der Waals surface area contributed by atoms with Gasteiger partial charge < -0.3 is 15.4 Å². The highest BCUT2D eigenvalue weighted by molar-refractivity contribution is 5.56. The lowest BCUT2D eigenvalue weighted by atomic mass is 9.98. The molecule has 0 saturated heterocycles. The van der Waals surface area contributed by atoms with Crippen LogP contribution in [-0.4, -0.2) is 15.2 Å². The first-order chi connectivity index (χ1) is 8.53. The first kappa shape index (κ1) is 12.6. The maximum atomic E-state index is 9.41. The van der Waals surface area contributed by atoms with Crippen molar-refractivity contribution >= 4 is 0 Å². The quantitative estimate of drug-likeness (QED) is 0.866. The third-order valence-electron chi connectivity index (χ3n) is 2.79. The van der Waals surface area contributed by atoms with Crippen molar-refractivity contribution in [2.45, 2.75) is 32.2 Å². The Labute approximate surface area is 106 Å². The van der Waals surface area contributed by atoms with Gasteiger partial charge in [-0.2, -0.15) is 4.98 Å². The van der Waals surface area contributed by atoms with Crippen molar-refractivity contribution in [2.75, 3.05) is 0 Å². The summed E-state index contributed by atoms with van der Waals surface area (Å²) >= 11 is 0. The Bertz CT molecular complexity index is 535. The molecule has 0 aliphatic heterocycles. The van der Waals surface area contributed by atoms with Crippen LogP contribution in [0, 0.1) is 0 Å². The number of benzene rings is 1. The predicted octanol–water partition coefficient (Wildman–Crippen LogP) is 2.42. The molecule has 1 unspecified atom stereocenters. The normalized spacial score (nSPS) is 14.4. The van der Waals surface area contributed by atoms with E-state index in [2.05, 4.69) is 17.1 Å². The lowest BCUT2D eigenvalue weighted by molar-refractivity contribution is 0.284. The Morgan fingerprint density at radius 1 is 1.44 bits per heavy atom. The molecule has 1 aromatic carbocycles. The SMILES string of the molecule is CCCC(C)(N)c1nc(-c2cccc(O)c2)no1. The summed E-state index contributed by atoms with van der Waals surface area (Å²) in [4.78, 5) is 4.30. The van der Waals surface area contributed by atoms with Gasteiger partial charge in [-0.1, -0.05) is 30.6 Å². The van der Waals surface area contributed by atoms with Gasteiger partial charge in [0.15, 0.2) is 0 Å². The van der Waals surface area contributed by atoms with Crippen molar-refractivity contribution in [3.63, 3.8) is 0 Å². The van der Waals surface area contributed by atoms with Gasteiger partial charge in [0, 0.05) is 5.56 Å². The molecule has 0 amide bonds. The van der Waals surface area contributed by atoms with Crippen LogP contribution in [0.4, 0.5) is 0 Å². The molecular weight excluding hydrogens is 230 g/mol. The van der Waals surface area contributed by atoms with Crippen LogP contribution in [0.5, 0.6) is 5.75 Å². The molecule has 2 aromatic rings. The van der Waals surface area contributed by atoms with E-state index >= 15 is 0 Å². The summed E-state index contributed by atoms with van der Waals surface area (Å²) < 4.78 is 5.21. The minimum atomic E-state index is -0.614. The van der Waals surface area contributed by atoms with Crippen LogP contribution < -0.4 is 5.73 Å². The summed E-state index contributed by atoms with van der Waals surface area (Å²) in [6.45, 7) is 3.92. The van der Waals surface area contributed by atoms with E-state index < -0.39 is 5.54 Å². The average Bonchev–Trinajstić information content (AvgIpc) is 2.78. The van der Waals surface area contributed by atoms with Gasteiger partial charge in [-0.15, -0.1) is 0 Å². The number of phenols is 1. The molecule has 1 aromatic heterocycles. The van der Waals surface area contributed by atoms with Crippen molar-refractivity contribution in [3.8, 4) is 17.1 Å². The highest BCUT2D eigenvalue weighted by Gasteiger charge is 2.27. The Balaban J connectivity index is 2.31.